The predicted molar refractivity (Wildman–Crippen MR) is 105 cm³/mol. The van der Waals surface area contributed by atoms with Crippen molar-refractivity contribution in [3.05, 3.63) is 53.6 Å². The van der Waals surface area contributed by atoms with Crippen LogP contribution in [0.1, 0.15) is 12.8 Å². The highest BCUT2D eigenvalue weighted by molar-refractivity contribution is 6.31. The molecule has 5 nitrogen and oxygen atoms in total. The van der Waals surface area contributed by atoms with E-state index < -0.39 is 0 Å². The number of ether oxygens (including phenoxy) is 1. The van der Waals surface area contributed by atoms with Gasteiger partial charge in [-0.15, -0.1) is 0 Å². The number of urea groups is 1. The van der Waals surface area contributed by atoms with E-state index in [-0.39, 0.29) is 12.1 Å². The Kier molecular flexibility index (Phi) is 4.82. The normalized spacial score (nSPS) is 16.7. The fraction of sp³-hybridized carbons (Fsp3) is 0.250. The predicted octanol–water partition coefficient (Wildman–Crippen LogP) is 4.79. The molecule has 0 bridgehead atoms. The Bertz CT molecular complexity index is 914. The molecule has 26 heavy (non-hydrogen) atoms. The molecular formula is C20H20ClN3O2. The topological polar surface area (TPSA) is 66.2 Å². The molecule has 0 spiro atoms. The number of nitrogens with one attached hydrogen (secondary N) is 3. The van der Waals surface area contributed by atoms with Gasteiger partial charge in [-0.1, -0.05) is 23.7 Å². The van der Waals surface area contributed by atoms with E-state index in [9.17, 15) is 4.79 Å². The lowest BCUT2D eigenvalue weighted by molar-refractivity contribution is 0.112. The van der Waals surface area contributed by atoms with E-state index in [1.165, 1.54) is 0 Å². The first-order chi connectivity index (χ1) is 12.7. The standard InChI is InChI=1S/C20H20ClN3O2/c21-15-5-8-18-14(10-15)11-19(24-18)13-3-6-16(7-4-13)23-20(25)22-12-17-2-1-9-26-17/h3-8,10-11,17,24H,1-2,9,12H2,(H2,22,23,25). The Morgan fingerprint density at radius 2 is 2.04 bits per heavy atom. The van der Waals surface area contributed by atoms with Crippen LogP contribution >= 0.6 is 11.6 Å². The third-order valence-electron chi connectivity index (χ3n) is 4.55. The Morgan fingerprint density at radius 3 is 2.81 bits per heavy atom. The summed E-state index contributed by atoms with van der Waals surface area (Å²) < 4.78 is 5.50. The van der Waals surface area contributed by atoms with Gasteiger partial charge in [0.2, 0.25) is 0 Å². The number of carbonyl (C=O) groups excluding carboxylic acids is 1. The molecular weight excluding hydrogens is 350 g/mol. The number of benzene rings is 2. The molecule has 6 heteroatoms. The highest BCUT2D eigenvalue weighted by Gasteiger charge is 2.16. The van der Waals surface area contributed by atoms with Gasteiger partial charge in [-0.3, -0.25) is 0 Å². The molecule has 134 valence electrons. The van der Waals surface area contributed by atoms with Crippen molar-refractivity contribution in [2.45, 2.75) is 18.9 Å². The monoisotopic (exact) mass is 369 g/mol. The molecule has 3 N–H and O–H groups in total. The molecule has 2 aromatic carbocycles. The summed E-state index contributed by atoms with van der Waals surface area (Å²) in [6.07, 6.45) is 2.21. The van der Waals surface area contributed by atoms with Gasteiger partial charge in [0, 0.05) is 40.5 Å². The Labute approximate surface area is 156 Å². The number of halogens is 1. The minimum atomic E-state index is -0.214. The average Bonchev–Trinajstić information content (AvgIpc) is 3.29. The average molecular weight is 370 g/mol. The lowest BCUT2D eigenvalue weighted by Crippen LogP contribution is -2.34. The van der Waals surface area contributed by atoms with Crippen molar-refractivity contribution in [3.8, 4) is 11.3 Å². The maximum Gasteiger partial charge on any atom is 0.319 e. The number of hydrogen-bond donors (Lipinski definition) is 3. The largest absolute Gasteiger partial charge is 0.376 e. The van der Waals surface area contributed by atoms with E-state index in [1.807, 2.05) is 42.5 Å². The summed E-state index contributed by atoms with van der Waals surface area (Å²) >= 11 is 6.04. The summed E-state index contributed by atoms with van der Waals surface area (Å²) in [4.78, 5) is 15.4. The molecule has 0 radical (unpaired) electrons. The van der Waals surface area contributed by atoms with Crippen LogP contribution in [0.15, 0.2) is 48.5 Å². The second-order valence-corrected chi connectivity index (χ2v) is 6.90. The van der Waals surface area contributed by atoms with Gasteiger partial charge < -0.3 is 20.4 Å². The lowest BCUT2D eigenvalue weighted by Gasteiger charge is -2.12. The molecule has 0 saturated carbocycles. The molecule has 1 aliphatic rings. The third kappa shape index (κ3) is 3.84. The van der Waals surface area contributed by atoms with Crippen LogP contribution < -0.4 is 10.6 Å². The number of fused-ring (bicyclic) bond motifs is 1. The van der Waals surface area contributed by atoms with Gasteiger partial charge in [0.15, 0.2) is 0 Å². The first kappa shape index (κ1) is 16.9. The fourth-order valence-corrected chi connectivity index (χ4v) is 3.36. The first-order valence-electron chi connectivity index (χ1n) is 8.72. The summed E-state index contributed by atoms with van der Waals surface area (Å²) in [6.45, 7) is 1.33. The molecule has 1 fully saturated rings. The Morgan fingerprint density at radius 1 is 1.19 bits per heavy atom. The van der Waals surface area contributed by atoms with Crippen LogP contribution in [-0.4, -0.2) is 30.3 Å². The Hall–Kier alpha value is -2.50. The van der Waals surface area contributed by atoms with Crippen LogP contribution in [0.2, 0.25) is 5.02 Å². The number of aromatic nitrogens is 1. The number of anilines is 1. The number of hydrogen-bond acceptors (Lipinski definition) is 2. The van der Waals surface area contributed by atoms with Crippen LogP contribution in [0.4, 0.5) is 10.5 Å². The lowest BCUT2D eigenvalue weighted by atomic mass is 10.1. The smallest absolute Gasteiger partial charge is 0.319 e. The minimum absolute atomic E-state index is 0.138. The highest BCUT2D eigenvalue weighted by Crippen LogP contribution is 2.27. The molecule has 1 aromatic heterocycles. The van der Waals surface area contributed by atoms with Gasteiger partial charge in [-0.25, -0.2) is 4.79 Å². The van der Waals surface area contributed by atoms with Gasteiger partial charge in [-0.05, 0) is 54.8 Å². The van der Waals surface area contributed by atoms with E-state index in [1.54, 1.807) is 0 Å². The molecule has 4 rings (SSSR count). The van der Waals surface area contributed by atoms with Crippen molar-refractivity contribution in [2.75, 3.05) is 18.5 Å². The van der Waals surface area contributed by atoms with E-state index in [2.05, 4.69) is 21.7 Å². The van der Waals surface area contributed by atoms with Crippen LogP contribution in [0.5, 0.6) is 0 Å². The van der Waals surface area contributed by atoms with E-state index >= 15 is 0 Å². The third-order valence-corrected chi connectivity index (χ3v) is 4.79. The van der Waals surface area contributed by atoms with Gasteiger partial charge in [0.25, 0.3) is 0 Å². The summed E-state index contributed by atoms with van der Waals surface area (Å²) in [5.74, 6) is 0. The molecule has 3 aromatic rings. The van der Waals surface area contributed by atoms with Crippen molar-refractivity contribution in [1.29, 1.82) is 0 Å². The zero-order valence-corrected chi connectivity index (χ0v) is 15.0. The number of H-pyrrole nitrogens is 1. The highest BCUT2D eigenvalue weighted by atomic mass is 35.5. The Balaban J connectivity index is 1.40. The molecule has 1 aliphatic heterocycles. The quantitative estimate of drug-likeness (QED) is 0.619. The molecule has 1 saturated heterocycles. The zero-order chi connectivity index (χ0) is 17.9. The van der Waals surface area contributed by atoms with E-state index in [0.717, 1.165) is 52.3 Å². The maximum atomic E-state index is 12.0. The van der Waals surface area contributed by atoms with Crippen LogP contribution in [-0.2, 0) is 4.74 Å². The first-order valence-corrected chi connectivity index (χ1v) is 9.10. The van der Waals surface area contributed by atoms with Crippen molar-refractivity contribution < 1.29 is 9.53 Å². The second kappa shape index (κ2) is 7.40. The van der Waals surface area contributed by atoms with E-state index in [0.29, 0.717) is 6.54 Å². The fourth-order valence-electron chi connectivity index (χ4n) is 3.18. The second-order valence-electron chi connectivity index (χ2n) is 6.46. The van der Waals surface area contributed by atoms with Crippen LogP contribution in [0.3, 0.4) is 0 Å². The maximum absolute atomic E-state index is 12.0. The number of amides is 2. The zero-order valence-electron chi connectivity index (χ0n) is 14.2. The molecule has 0 aliphatic carbocycles. The number of aromatic amines is 1. The van der Waals surface area contributed by atoms with Crippen LogP contribution in [0, 0.1) is 0 Å². The van der Waals surface area contributed by atoms with Crippen molar-refractivity contribution >= 4 is 34.2 Å². The van der Waals surface area contributed by atoms with Gasteiger partial charge in [0.1, 0.15) is 0 Å². The summed E-state index contributed by atoms with van der Waals surface area (Å²) in [5, 5.41) is 7.49. The van der Waals surface area contributed by atoms with Crippen molar-refractivity contribution in [1.82, 2.24) is 10.3 Å². The van der Waals surface area contributed by atoms with Crippen molar-refractivity contribution in [2.24, 2.45) is 0 Å². The van der Waals surface area contributed by atoms with Crippen molar-refractivity contribution in [3.63, 3.8) is 0 Å². The van der Waals surface area contributed by atoms with Crippen LogP contribution in [0.25, 0.3) is 22.2 Å². The summed E-state index contributed by atoms with van der Waals surface area (Å²) in [7, 11) is 0. The number of rotatable bonds is 4. The molecule has 2 heterocycles. The molecule has 1 atom stereocenters. The molecule has 2 amide bonds. The molecule has 1 unspecified atom stereocenters. The number of carbonyl (C=O) groups is 1. The van der Waals surface area contributed by atoms with Gasteiger partial charge >= 0.3 is 6.03 Å². The van der Waals surface area contributed by atoms with Gasteiger partial charge in [-0.2, -0.15) is 0 Å². The van der Waals surface area contributed by atoms with Gasteiger partial charge in [0.05, 0.1) is 6.10 Å². The summed E-state index contributed by atoms with van der Waals surface area (Å²) in [5.41, 5.74) is 3.84. The SMILES string of the molecule is O=C(NCC1CCCO1)Nc1ccc(-c2cc3cc(Cl)ccc3[nH]2)cc1. The minimum Gasteiger partial charge on any atom is -0.376 e. The van der Waals surface area contributed by atoms with E-state index in [4.69, 9.17) is 16.3 Å². The summed E-state index contributed by atoms with van der Waals surface area (Å²) in [6, 6.07) is 15.3.